The minimum absolute atomic E-state index is 0.0472. The smallest absolute Gasteiger partial charge is 0.416 e. The normalized spacial score (nSPS) is 22.3. The van der Waals surface area contributed by atoms with Crippen molar-refractivity contribution in [2.45, 2.75) is 56.8 Å². The van der Waals surface area contributed by atoms with Crippen LogP contribution in [0, 0.1) is 0 Å². The van der Waals surface area contributed by atoms with Crippen LogP contribution in [0.1, 0.15) is 44.6 Å². The number of anilines is 1. The summed E-state index contributed by atoms with van der Waals surface area (Å²) >= 11 is 0. The number of nitrogen functional groups attached to an aromatic ring is 1. The molecule has 2 bridgehead atoms. The van der Waals surface area contributed by atoms with Gasteiger partial charge in [-0.05, 0) is 57.9 Å². The number of imidazole rings is 1. The number of piperidine rings is 1. The number of hydrogen-bond donors (Lipinski definition) is 1. The van der Waals surface area contributed by atoms with Gasteiger partial charge in [0.05, 0.1) is 11.3 Å². The van der Waals surface area contributed by atoms with E-state index in [0.29, 0.717) is 28.2 Å². The molecular formula is C25H27F3N6O. The van der Waals surface area contributed by atoms with Crippen molar-refractivity contribution in [1.29, 1.82) is 0 Å². The molecule has 2 fully saturated rings. The van der Waals surface area contributed by atoms with Crippen LogP contribution < -0.4 is 5.73 Å². The Balaban J connectivity index is 0.000000211. The van der Waals surface area contributed by atoms with E-state index in [0.717, 1.165) is 18.2 Å². The Morgan fingerprint density at radius 2 is 1.97 bits per heavy atom. The fraction of sp³-hybridized carbons (Fsp3) is 0.400. The van der Waals surface area contributed by atoms with E-state index < -0.39 is 11.7 Å². The molecule has 3 aromatic heterocycles. The molecule has 2 aliphatic heterocycles. The summed E-state index contributed by atoms with van der Waals surface area (Å²) in [6.07, 6.45) is 7.28. The summed E-state index contributed by atoms with van der Waals surface area (Å²) in [5.74, 6) is 0.283. The monoisotopic (exact) mass is 484 g/mol. The van der Waals surface area contributed by atoms with Crippen molar-refractivity contribution in [1.82, 2.24) is 24.3 Å². The van der Waals surface area contributed by atoms with E-state index in [9.17, 15) is 13.2 Å². The predicted molar refractivity (Wildman–Crippen MR) is 126 cm³/mol. The number of aromatic nitrogens is 4. The van der Waals surface area contributed by atoms with Gasteiger partial charge in [-0.15, -0.1) is 0 Å². The lowest BCUT2D eigenvalue weighted by Gasteiger charge is -2.39. The molecule has 7 nitrogen and oxygen atoms in total. The highest BCUT2D eigenvalue weighted by Crippen LogP contribution is 2.42. The van der Waals surface area contributed by atoms with Crippen LogP contribution in [0.2, 0.25) is 0 Å². The Morgan fingerprint density at radius 1 is 1.14 bits per heavy atom. The van der Waals surface area contributed by atoms with Crippen molar-refractivity contribution in [2.75, 3.05) is 12.8 Å². The minimum atomic E-state index is -4.45. The number of benzene rings is 1. The molecule has 2 aliphatic rings. The topological polar surface area (TPSA) is 85.5 Å². The van der Waals surface area contributed by atoms with Gasteiger partial charge in [0.2, 0.25) is 5.95 Å². The van der Waals surface area contributed by atoms with Crippen molar-refractivity contribution in [3.05, 3.63) is 54.6 Å². The van der Waals surface area contributed by atoms with Crippen LogP contribution in [0.3, 0.4) is 0 Å². The molecule has 184 valence electrons. The number of nitrogens with zero attached hydrogens (tertiary/aromatic N) is 5. The lowest BCUT2D eigenvalue weighted by Crippen LogP contribution is -2.45. The maximum Gasteiger partial charge on any atom is 0.416 e. The van der Waals surface area contributed by atoms with E-state index in [4.69, 9.17) is 10.2 Å². The molecule has 2 saturated heterocycles. The largest absolute Gasteiger partial charge is 0.432 e. The molecule has 2 N–H and O–H groups in total. The molecule has 4 aromatic rings. The number of nitrogens with two attached hydrogens (primary N) is 1. The molecule has 0 spiro atoms. The zero-order chi connectivity index (χ0) is 24.8. The van der Waals surface area contributed by atoms with Crippen LogP contribution in [-0.4, -0.2) is 42.9 Å². The first kappa shape index (κ1) is 23.3. The molecule has 0 saturated carbocycles. The second-order valence-electron chi connectivity index (χ2n) is 9.44. The molecule has 2 atom stereocenters. The van der Waals surface area contributed by atoms with E-state index in [1.54, 1.807) is 22.7 Å². The molecule has 0 radical (unpaired) electrons. The van der Waals surface area contributed by atoms with E-state index in [2.05, 4.69) is 33.8 Å². The first-order chi connectivity index (χ1) is 16.7. The number of fused-ring (bicyclic) bond motifs is 3. The molecule has 10 heteroatoms. The molecule has 1 aromatic carbocycles. The summed E-state index contributed by atoms with van der Waals surface area (Å²) in [4.78, 5) is 14.9. The van der Waals surface area contributed by atoms with E-state index in [1.807, 2.05) is 0 Å². The van der Waals surface area contributed by atoms with Crippen molar-refractivity contribution in [2.24, 2.45) is 0 Å². The van der Waals surface area contributed by atoms with Gasteiger partial charge in [0.15, 0.2) is 0 Å². The van der Waals surface area contributed by atoms with Gasteiger partial charge in [0.25, 0.3) is 0 Å². The van der Waals surface area contributed by atoms with Crippen molar-refractivity contribution < 1.29 is 17.6 Å². The SMILES string of the molecule is CN1C2CCCC1(C)CC2.Nc1nccc(-c2c(-c3cccc(C(F)(F)F)c3)nc3occn23)n1. The van der Waals surface area contributed by atoms with Gasteiger partial charge in [0, 0.05) is 29.5 Å². The van der Waals surface area contributed by atoms with Crippen LogP contribution in [-0.2, 0) is 6.18 Å². The van der Waals surface area contributed by atoms with Crippen LogP contribution in [0.4, 0.5) is 19.1 Å². The first-order valence-electron chi connectivity index (χ1n) is 11.6. The van der Waals surface area contributed by atoms with Gasteiger partial charge in [-0.2, -0.15) is 18.2 Å². The summed E-state index contributed by atoms with van der Waals surface area (Å²) < 4.78 is 45.9. The van der Waals surface area contributed by atoms with Gasteiger partial charge < -0.3 is 10.2 Å². The zero-order valence-corrected chi connectivity index (χ0v) is 19.6. The second kappa shape index (κ2) is 8.67. The van der Waals surface area contributed by atoms with E-state index >= 15 is 0 Å². The van der Waals surface area contributed by atoms with Crippen LogP contribution >= 0.6 is 0 Å². The highest BCUT2D eigenvalue weighted by Gasteiger charge is 2.42. The summed E-state index contributed by atoms with van der Waals surface area (Å²) in [5, 5.41) is 0. The standard InChI is InChI=1S/C16H10F3N5O.C9H17N/c17-16(18,19)10-3-1-2-9(8-10)12-13(11-4-5-21-14(20)22-11)24-6-7-25-15(24)23-12;1-9-6-3-4-8(5-7-9)10(9)2/h1-8H,(H2,20,21,22);8H,3-7H2,1-2H3. The molecule has 2 unspecified atom stereocenters. The number of oxazole rings is 1. The van der Waals surface area contributed by atoms with E-state index in [1.165, 1.54) is 50.6 Å². The summed E-state index contributed by atoms with van der Waals surface area (Å²) in [6, 6.07) is 7.45. The lowest BCUT2D eigenvalue weighted by molar-refractivity contribution is -0.137. The number of alkyl halides is 3. The summed E-state index contributed by atoms with van der Waals surface area (Å²) in [6.45, 7) is 2.42. The van der Waals surface area contributed by atoms with Gasteiger partial charge >= 0.3 is 12.0 Å². The molecule has 0 aliphatic carbocycles. The quantitative estimate of drug-likeness (QED) is 0.394. The highest BCUT2D eigenvalue weighted by atomic mass is 19.4. The third-order valence-electron chi connectivity index (χ3n) is 7.31. The van der Waals surface area contributed by atoms with Crippen molar-refractivity contribution >= 4 is 11.8 Å². The third-order valence-corrected chi connectivity index (χ3v) is 7.31. The number of rotatable bonds is 2. The molecule has 6 rings (SSSR count). The summed E-state index contributed by atoms with van der Waals surface area (Å²) in [7, 11) is 2.30. The number of halogens is 3. The van der Waals surface area contributed by atoms with E-state index in [-0.39, 0.29) is 11.8 Å². The van der Waals surface area contributed by atoms with Gasteiger partial charge in [-0.25, -0.2) is 9.97 Å². The molecule has 0 amide bonds. The average molecular weight is 485 g/mol. The Bertz CT molecular complexity index is 1340. The Kier molecular flexibility index (Phi) is 5.79. The maximum atomic E-state index is 13.0. The maximum absolute atomic E-state index is 13.0. The van der Waals surface area contributed by atoms with Crippen LogP contribution in [0.25, 0.3) is 28.5 Å². The Hall–Kier alpha value is -3.40. The third kappa shape index (κ3) is 4.38. The van der Waals surface area contributed by atoms with Crippen LogP contribution in [0.5, 0.6) is 0 Å². The number of hydrogen-bond acceptors (Lipinski definition) is 6. The highest BCUT2D eigenvalue weighted by molar-refractivity contribution is 5.80. The van der Waals surface area contributed by atoms with Crippen molar-refractivity contribution in [3.8, 4) is 22.6 Å². The fourth-order valence-electron chi connectivity index (χ4n) is 5.23. The average Bonchev–Trinajstić information content (AvgIpc) is 3.44. The second-order valence-corrected chi connectivity index (χ2v) is 9.44. The van der Waals surface area contributed by atoms with Crippen molar-refractivity contribution in [3.63, 3.8) is 0 Å². The Morgan fingerprint density at radius 3 is 2.69 bits per heavy atom. The molecule has 35 heavy (non-hydrogen) atoms. The fourth-order valence-corrected chi connectivity index (χ4v) is 5.23. The lowest BCUT2D eigenvalue weighted by atomic mass is 9.91. The molecule has 5 heterocycles. The van der Waals surface area contributed by atoms with Gasteiger partial charge in [-0.3, -0.25) is 9.30 Å². The predicted octanol–water partition coefficient (Wildman–Crippen LogP) is 5.68. The van der Waals surface area contributed by atoms with Gasteiger partial charge in [0.1, 0.15) is 17.7 Å². The van der Waals surface area contributed by atoms with Gasteiger partial charge in [-0.1, -0.05) is 18.6 Å². The first-order valence-corrected chi connectivity index (χ1v) is 11.6. The zero-order valence-electron chi connectivity index (χ0n) is 19.6. The summed E-state index contributed by atoms with van der Waals surface area (Å²) in [5.41, 5.74) is 6.95. The molecular weight excluding hydrogens is 457 g/mol. The van der Waals surface area contributed by atoms with Crippen LogP contribution in [0.15, 0.2) is 53.4 Å². The minimum Gasteiger partial charge on any atom is -0.432 e. The Labute approximate surface area is 200 Å².